The van der Waals surface area contributed by atoms with Crippen molar-refractivity contribution in [2.24, 2.45) is 5.92 Å². The summed E-state index contributed by atoms with van der Waals surface area (Å²) in [5.74, 6) is -8.66. The Balaban J connectivity index is 1.37. The van der Waals surface area contributed by atoms with Gasteiger partial charge in [-0.2, -0.15) is 0 Å². The van der Waals surface area contributed by atoms with E-state index in [1.807, 2.05) is 0 Å². The van der Waals surface area contributed by atoms with Gasteiger partial charge < -0.3 is 67.9 Å². The third kappa shape index (κ3) is 12.9. The number of nitrogens with zero attached hydrogens (tertiary/aromatic N) is 1. The molecule has 0 saturated carbocycles. The third-order valence-corrected chi connectivity index (χ3v) is 11.7. The molecule has 1 radical (unpaired) electrons. The minimum Gasteiger partial charge on any atom is -0.394 e. The Morgan fingerprint density at radius 2 is 1.31 bits per heavy atom. The predicted octanol–water partition coefficient (Wildman–Crippen LogP) is -4.15. The Kier molecular flexibility index (Phi) is 16.8. The number of aliphatic hydroxyl groups is 3. The topological polar surface area (TPSA) is 346 Å². The van der Waals surface area contributed by atoms with Crippen molar-refractivity contribution in [2.75, 3.05) is 13.2 Å². The number of aliphatic hydroxyl groups excluding tert-OH is 3. The fourth-order valence-electron chi connectivity index (χ4n) is 8.20. The van der Waals surface area contributed by atoms with Crippen molar-refractivity contribution in [1.82, 2.24) is 53.2 Å². The van der Waals surface area contributed by atoms with Gasteiger partial charge in [-0.3, -0.25) is 48.5 Å². The number of rotatable bonds is 11. The zero-order chi connectivity index (χ0) is 49.2. The van der Waals surface area contributed by atoms with E-state index in [1.54, 1.807) is 68.4 Å². The quantitative estimate of drug-likeness (QED) is 0.102. The molecule has 4 aliphatic rings. The smallest absolute Gasteiger partial charge is 0.245 e. The summed E-state index contributed by atoms with van der Waals surface area (Å²) in [5, 5.41) is 58.2. The number of nitrogens with one attached hydrogen (secondary N) is 9. The number of hydrogen-bond donors (Lipinski definition) is 12. The summed E-state index contributed by atoms with van der Waals surface area (Å²) in [6, 6.07) is 4.82. The molecule has 2 aromatic carbocycles. The van der Waals surface area contributed by atoms with Gasteiger partial charge in [0.25, 0.3) is 0 Å². The summed E-state index contributed by atoms with van der Waals surface area (Å²) >= 11 is 0. The van der Waals surface area contributed by atoms with Crippen molar-refractivity contribution >= 4 is 64.4 Å². The van der Waals surface area contributed by atoms with E-state index in [9.17, 15) is 58.5 Å². The minimum absolute atomic E-state index is 0.0322. The predicted molar refractivity (Wildman–Crippen MR) is 238 cm³/mol. The van der Waals surface area contributed by atoms with Crippen molar-refractivity contribution in [3.05, 3.63) is 71.9 Å². The molecule has 0 spiro atoms. The van der Waals surface area contributed by atoms with Gasteiger partial charge in [0.1, 0.15) is 60.6 Å². The van der Waals surface area contributed by atoms with Crippen LogP contribution in [0.4, 0.5) is 5.69 Å². The molecule has 3 saturated heterocycles. The fourth-order valence-corrected chi connectivity index (χ4v) is 8.20. The van der Waals surface area contributed by atoms with Gasteiger partial charge in [0.2, 0.25) is 53.2 Å². The number of ether oxygens (including phenoxy) is 1. The molecular formula is C45H57N10O13. The lowest BCUT2D eigenvalue weighted by Crippen LogP contribution is -2.68. The Bertz CT molecular complexity index is 2280. The van der Waals surface area contributed by atoms with Crippen LogP contribution in [0.1, 0.15) is 57.6 Å². The highest BCUT2D eigenvalue weighted by Crippen LogP contribution is 2.33. The summed E-state index contributed by atoms with van der Waals surface area (Å²) in [7, 11) is 0. The maximum atomic E-state index is 14.5. The average Bonchev–Trinajstić information content (AvgIpc) is 3.70. The van der Waals surface area contributed by atoms with Crippen LogP contribution >= 0.6 is 0 Å². The normalized spacial score (nSPS) is 29.3. The molecule has 3 fully saturated rings. The number of hydrogen-bond acceptors (Lipinski definition) is 13. The molecule has 0 aromatic heterocycles. The molecule has 6 rings (SSSR count). The van der Waals surface area contributed by atoms with Crippen LogP contribution in [0.15, 0.2) is 60.8 Å². The third-order valence-electron chi connectivity index (χ3n) is 11.7. The lowest BCUT2D eigenvalue weighted by atomic mass is 9.95. The van der Waals surface area contributed by atoms with Gasteiger partial charge in [-0.25, -0.2) is 0 Å². The number of benzene rings is 2. The fraction of sp³-hybridized carbons (Fsp3) is 0.489. The van der Waals surface area contributed by atoms with Gasteiger partial charge in [-0.15, -0.1) is 0 Å². The summed E-state index contributed by atoms with van der Waals surface area (Å²) < 4.78 is 5.60. The molecule has 12 N–H and O–H groups in total. The van der Waals surface area contributed by atoms with Crippen LogP contribution in [0, 0.1) is 5.92 Å². The second-order valence-electron chi connectivity index (χ2n) is 17.5. The summed E-state index contributed by atoms with van der Waals surface area (Å²) in [6.45, 7) is 3.23. The second kappa shape index (κ2) is 22.7. The average molecular weight is 946 g/mol. The zero-order valence-corrected chi connectivity index (χ0v) is 37.5. The summed E-state index contributed by atoms with van der Waals surface area (Å²) in [6.07, 6.45) is -6.94. The van der Waals surface area contributed by atoms with Crippen molar-refractivity contribution in [3.63, 3.8) is 0 Å². The highest BCUT2D eigenvalue weighted by Gasteiger charge is 2.46. The zero-order valence-electron chi connectivity index (χ0n) is 37.5. The van der Waals surface area contributed by atoms with E-state index in [1.165, 1.54) is 6.20 Å². The molecule has 11 atom stereocenters. The Hall–Kier alpha value is -6.95. The maximum Gasteiger partial charge on any atom is 0.245 e. The lowest BCUT2D eigenvalue weighted by Gasteiger charge is -2.42. The van der Waals surface area contributed by atoms with E-state index >= 15 is 0 Å². The molecule has 2 aromatic rings. The molecule has 2 bridgehead atoms. The molecule has 23 nitrogen and oxygen atoms in total. The van der Waals surface area contributed by atoms with E-state index in [4.69, 9.17) is 4.74 Å². The maximum absolute atomic E-state index is 14.5. The van der Waals surface area contributed by atoms with Gasteiger partial charge in [-0.05, 0) is 29.5 Å². The Morgan fingerprint density at radius 3 is 2.01 bits per heavy atom. The minimum atomic E-state index is -1.86. The molecule has 0 aliphatic carbocycles. The molecule has 23 heteroatoms. The van der Waals surface area contributed by atoms with E-state index in [-0.39, 0.29) is 25.2 Å². The molecule has 4 aliphatic heterocycles. The number of fused-ring (bicyclic) bond motifs is 6. The first-order chi connectivity index (χ1) is 32.4. The standard InChI is InChI=1S/C45H57N10O13/c1-21(2)13-27-39(62)53-31(17-35(59)55-45-36(48-22(3)57)38(61)37(60)33(20-56)68-45)43(66)52-30-16-34(58)47-19-32(44(67)49-27)54-40(63)28(14-23-9-5-4-6-10-23)50-41(64)29(51-42(30)65)15-24-18-46-26-12-8-7-11-25(24)26/h4-12,18,21,27-33,36-38,45,56,60-61H,13-17,19-20H2,1-3H3,(H,47,58)(H,48,57)(H,49,67)(H,50,64)(H,51,65)(H,52,66)(H,53,62)(H,54,63)(H,55,59)/t27-,28-,29-,30-,31-,32-,33+,36+,37+,38+,45+/m0/s1. The first-order valence-corrected chi connectivity index (χ1v) is 22.2. The summed E-state index contributed by atoms with van der Waals surface area (Å²) in [4.78, 5) is 125. The SMILES string of the molecule is CC(=O)N[C@@H]1[C@@H](O)[C@H](O)[C@@H](CO)O[C@H]1NC(=O)C[C@@H]1NC(=O)[C@H](CC(C)C)NC(=O)[C@@H]2CNC(=O)C[C@H](NC1=O)C(=O)N[C@@H](CC1=C[N]c3ccccc31)C(=O)N[C@@H](Cc1ccccc1)C(=O)N2. The van der Waals surface area contributed by atoms with Gasteiger partial charge in [0.15, 0.2) is 6.23 Å². The monoisotopic (exact) mass is 945 g/mol. The van der Waals surface area contributed by atoms with Crippen LogP contribution in [0.5, 0.6) is 0 Å². The Morgan fingerprint density at radius 1 is 0.721 bits per heavy atom. The van der Waals surface area contributed by atoms with Crippen molar-refractivity contribution in [3.8, 4) is 0 Å². The molecule has 0 unspecified atom stereocenters. The van der Waals surface area contributed by atoms with Crippen LogP contribution in [-0.2, 0) is 54.3 Å². The number of amides is 9. The number of carbonyl (C=O) groups excluding carboxylic acids is 9. The van der Waals surface area contributed by atoms with Crippen LogP contribution < -0.4 is 53.2 Å². The second-order valence-corrected chi connectivity index (χ2v) is 17.5. The van der Waals surface area contributed by atoms with E-state index in [0.29, 0.717) is 22.4 Å². The van der Waals surface area contributed by atoms with Gasteiger partial charge >= 0.3 is 0 Å². The molecule has 4 heterocycles. The van der Waals surface area contributed by atoms with Gasteiger partial charge in [0.05, 0.1) is 25.1 Å². The number of para-hydroxylation sites is 1. The van der Waals surface area contributed by atoms with E-state index < -0.39 is 146 Å². The highest BCUT2D eigenvalue weighted by atomic mass is 16.5. The van der Waals surface area contributed by atoms with Crippen LogP contribution in [-0.4, -0.2) is 148 Å². The lowest BCUT2D eigenvalue weighted by molar-refractivity contribution is -0.203. The van der Waals surface area contributed by atoms with Crippen LogP contribution in [0.2, 0.25) is 0 Å². The van der Waals surface area contributed by atoms with Gasteiger partial charge in [-0.1, -0.05) is 62.4 Å². The van der Waals surface area contributed by atoms with Crippen molar-refractivity contribution in [2.45, 2.75) is 120 Å². The Labute approximate surface area is 390 Å². The number of carbonyl (C=O) groups is 9. The van der Waals surface area contributed by atoms with Crippen molar-refractivity contribution < 1.29 is 63.2 Å². The van der Waals surface area contributed by atoms with Crippen molar-refractivity contribution in [1.29, 1.82) is 0 Å². The van der Waals surface area contributed by atoms with Gasteiger partial charge in [0, 0.05) is 38.1 Å². The molecule has 9 amide bonds. The molecular weight excluding hydrogens is 889 g/mol. The van der Waals surface area contributed by atoms with Crippen LogP contribution in [0.25, 0.3) is 5.57 Å². The first kappa shape index (κ1) is 50.5. The van der Waals surface area contributed by atoms with Crippen LogP contribution in [0.3, 0.4) is 0 Å². The molecule has 365 valence electrons. The first-order valence-electron chi connectivity index (χ1n) is 22.2. The summed E-state index contributed by atoms with van der Waals surface area (Å²) in [5.41, 5.74) is 2.41. The molecule has 68 heavy (non-hydrogen) atoms. The van der Waals surface area contributed by atoms with E-state index in [0.717, 1.165) is 6.92 Å². The largest absolute Gasteiger partial charge is 0.394 e. The highest BCUT2D eigenvalue weighted by molar-refractivity contribution is 6.01. The van der Waals surface area contributed by atoms with E-state index in [2.05, 4.69) is 53.2 Å².